The third-order valence-corrected chi connectivity index (χ3v) is 5.63. The summed E-state index contributed by atoms with van der Waals surface area (Å²) in [5, 5.41) is 0.771. The van der Waals surface area contributed by atoms with E-state index in [9.17, 15) is 4.79 Å². The van der Waals surface area contributed by atoms with Gasteiger partial charge in [-0.1, -0.05) is 29.8 Å². The van der Waals surface area contributed by atoms with Gasteiger partial charge in [-0.05, 0) is 69.4 Å². The van der Waals surface area contributed by atoms with Gasteiger partial charge >= 0.3 is 0 Å². The molecule has 1 amide bonds. The fourth-order valence-electron chi connectivity index (χ4n) is 3.65. The molecule has 5 heteroatoms. The Kier molecular flexibility index (Phi) is 5.87. The average molecular weight is 387 g/mol. The molecule has 2 heterocycles. The number of carbonyl (C=O) groups is 1. The van der Waals surface area contributed by atoms with Crippen molar-refractivity contribution in [2.75, 3.05) is 13.7 Å². The minimum Gasteiger partial charge on any atom is -0.369 e. The number of aromatic nitrogens is 1. The van der Waals surface area contributed by atoms with Crippen molar-refractivity contribution >= 4 is 17.5 Å². The van der Waals surface area contributed by atoms with E-state index in [1.54, 1.807) is 7.11 Å². The predicted molar refractivity (Wildman–Crippen MR) is 108 cm³/mol. The SMILES string of the molecule is COC(C)(C)C(=O)N1CCC[C@H]1c1cc(Cc2ccccc2Cl)cc(C)n1. The van der Waals surface area contributed by atoms with Crippen LogP contribution < -0.4 is 0 Å². The number of ether oxygens (including phenoxy) is 1. The first-order valence-electron chi connectivity index (χ1n) is 9.39. The summed E-state index contributed by atoms with van der Waals surface area (Å²) in [4.78, 5) is 19.6. The maximum atomic E-state index is 12.9. The number of benzene rings is 1. The van der Waals surface area contributed by atoms with Crippen molar-refractivity contribution in [3.05, 3.63) is 63.9 Å². The van der Waals surface area contributed by atoms with E-state index in [0.717, 1.165) is 53.3 Å². The molecule has 4 nitrogen and oxygen atoms in total. The second kappa shape index (κ2) is 7.99. The standard InChI is InChI=1S/C22H27ClN2O2/c1-15-12-16(13-17-8-5-6-9-18(17)23)14-19(24-15)20-10-7-11-25(20)21(26)22(2,3)27-4/h5-6,8-9,12,14,20H,7,10-11,13H2,1-4H3/t20-/m0/s1. The molecule has 1 aliphatic rings. The lowest BCUT2D eigenvalue weighted by Crippen LogP contribution is -2.46. The summed E-state index contributed by atoms with van der Waals surface area (Å²) in [5.74, 6) is 0.0171. The predicted octanol–water partition coefficient (Wildman–Crippen LogP) is 4.72. The second-order valence-electron chi connectivity index (χ2n) is 7.68. The average Bonchev–Trinajstić information content (AvgIpc) is 3.12. The van der Waals surface area contributed by atoms with E-state index in [0.29, 0.717) is 0 Å². The van der Waals surface area contributed by atoms with Crippen LogP contribution in [-0.2, 0) is 16.0 Å². The smallest absolute Gasteiger partial charge is 0.254 e. The van der Waals surface area contributed by atoms with Gasteiger partial charge in [-0.15, -0.1) is 0 Å². The molecule has 27 heavy (non-hydrogen) atoms. The van der Waals surface area contributed by atoms with Crippen LogP contribution in [0.25, 0.3) is 0 Å². The number of aryl methyl sites for hydroxylation is 1. The van der Waals surface area contributed by atoms with E-state index in [1.165, 1.54) is 0 Å². The third-order valence-electron chi connectivity index (χ3n) is 5.27. The van der Waals surface area contributed by atoms with Crippen LogP contribution in [0, 0.1) is 6.92 Å². The van der Waals surface area contributed by atoms with Crippen molar-refractivity contribution in [1.29, 1.82) is 0 Å². The van der Waals surface area contributed by atoms with Gasteiger partial charge in [0.1, 0.15) is 5.60 Å². The number of likely N-dealkylation sites (tertiary alicyclic amines) is 1. The molecule has 1 fully saturated rings. The Balaban J connectivity index is 1.89. The van der Waals surface area contributed by atoms with Crippen molar-refractivity contribution in [3.63, 3.8) is 0 Å². The van der Waals surface area contributed by atoms with Crippen molar-refractivity contribution in [2.45, 2.75) is 51.7 Å². The highest BCUT2D eigenvalue weighted by Gasteiger charge is 2.39. The Labute approximate surface area is 166 Å². The highest BCUT2D eigenvalue weighted by Crippen LogP contribution is 2.34. The summed E-state index contributed by atoms with van der Waals surface area (Å²) in [7, 11) is 1.58. The van der Waals surface area contributed by atoms with Crippen LogP contribution in [0.2, 0.25) is 5.02 Å². The number of nitrogens with zero attached hydrogens (tertiary/aromatic N) is 2. The molecule has 0 aliphatic carbocycles. The molecular weight excluding hydrogens is 360 g/mol. The van der Waals surface area contributed by atoms with Crippen molar-refractivity contribution in [3.8, 4) is 0 Å². The summed E-state index contributed by atoms with van der Waals surface area (Å²) in [5.41, 5.74) is 3.34. The molecule has 1 aromatic carbocycles. The summed E-state index contributed by atoms with van der Waals surface area (Å²) >= 11 is 6.33. The molecule has 0 unspecified atom stereocenters. The number of halogens is 1. The number of amides is 1. The van der Waals surface area contributed by atoms with E-state index >= 15 is 0 Å². The van der Waals surface area contributed by atoms with Crippen LogP contribution >= 0.6 is 11.6 Å². The van der Waals surface area contributed by atoms with Gasteiger partial charge in [0.2, 0.25) is 0 Å². The van der Waals surface area contributed by atoms with E-state index in [4.69, 9.17) is 21.3 Å². The van der Waals surface area contributed by atoms with Crippen LogP contribution in [0.15, 0.2) is 36.4 Å². The minimum atomic E-state index is -0.827. The lowest BCUT2D eigenvalue weighted by molar-refractivity contribution is -0.152. The number of pyridine rings is 1. The highest BCUT2D eigenvalue weighted by atomic mass is 35.5. The van der Waals surface area contributed by atoms with Gasteiger partial charge in [-0.25, -0.2) is 0 Å². The molecule has 1 aliphatic heterocycles. The van der Waals surface area contributed by atoms with Gasteiger partial charge in [-0.3, -0.25) is 9.78 Å². The fraction of sp³-hybridized carbons (Fsp3) is 0.455. The molecule has 144 valence electrons. The van der Waals surface area contributed by atoms with Gasteiger partial charge in [0.25, 0.3) is 5.91 Å². The minimum absolute atomic E-state index is 0.00294. The van der Waals surface area contributed by atoms with Gasteiger partial charge < -0.3 is 9.64 Å². The van der Waals surface area contributed by atoms with Gasteiger partial charge in [-0.2, -0.15) is 0 Å². The summed E-state index contributed by atoms with van der Waals surface area (Å²) in [6, 6.07) is 12.1. The van der Waals surface area contributed by atoms with Crippen LogP contribution in [0.4, 0.5) is 0 Å². The number of hydrogen-bond acceptors (Lipinski definition) is 3. The first-order chi connectivity index (χ1) is 12.8. The zero-order valence-corrected chi connectivity index (χ0v) is 17.2. The molecular formula is C22H27ClN2O2. The molecule has 0 saturated carbocycles. The van der Waals surface area contributed by atoms with Crippen LogP contribution in [-0.4, -0.2) is 35.0 Å². The zero-order valence-electron chi connectivity index (χ0n) is 16.5. The molecule has 0 N–H and O–H groups in total. The zero-order chi connectivity index (χ0) is 19.6. The van der Waals surface area contributed by atoms with E-state index in [2.05, 4.69) is 12.1 Å². The number of carbonyl (C=O) groups excluding carboxylic acids is 1. The molecule has 0 radical (unpaired) electrons. The Morgan fingerprint density at radius 3 is 2.78 bits per heavy atom. The van der Waals surface area contributed by atoms with Crippen molar-refractivity contribution in [1.82, 2.24) is 9.88 Å². The number of rotatable bonds is 5. The molecule has 2 aromatic rings. The van der Waals surface area contributed by atoms with Crippen LogP contribution in [0.1, 0.15) is 55.2 Å². The van der Waals surface area contributed by atoms with E-state index in [1.807, 2.05) is 49.9 Å². The van der Waals surface area contributed by atoms with Gasteiger partial charge in [0.05, 0.1) is 11.7 Å². The Morgan fingerprint density at radius 1 is 1.33 bits per heavy atom. The molecule has 1 saturated heterocycles. The molecule has 1 atom stereocenters. The Bertz CT molecular complexity index is 835. The normalized spacial score (nSPS) is 17.4. The largest absolute Gasteiger partial charge is 0.369 e. The van der Waals surface area contributed by atoms with Crippen molar-refractivity contribution < 1.29 is 9.53 Å². The Hall–Kier alpha value is -1.91. The fourth-order valence-corrected chi connectivity index (χ4v) is 3.86. The van der Waals surface area contributed by atoms with Gasteiger partial charge in [0, 0.05) is 24.4 Å². The summed E-state index contributed by atoms with van der Waals surface area (Å²) in [6.45, 7) is 6.37. The molecule has 0 spiro atoms. The first kappa shape index (κ1) is 19.8. The lowest BCUT2D eigenvalue weighted by Gasteiger charge is -2.32. The number of hydrogen-bond donors (Lipinski definition) is 0. The quantitative estimate of drug-likeness (QED) is 0.746. The van der Waals surface area contributed by atoms with Gasteiger partial charge in [0.15, 0.2) is 0 Å². The molecule has 3 rings (SSSR count). The highest BCUT2D eigenvalue weighted by molar-refractivity contribution is 6.31. The summed E-state index contributed by atoms with van der Waals surface area (Å²) < 4.78 is 5.41. The molecule has 0 bridgehead atoms. The monoisotopic (exact) mass is 386 g/mol. The lowest BCUT2D eigenvalue weighted by atomic mass is 10.0. The molecule has 1 aromatic heterocycles. The van der Waals surface area contributed by atoms with Crippen LogP contribution in [0.5, 0.6) is 0 Å². The first-order valence-corrected chi connectivity index (χ1v) is 9.76. The summed E-state index contributed by atoms with van der Waals surface area (Å²) in [6.07, 6.45) is 2.65. The maximum Gasteiger partial charge on any atom is 0.254 e. The van der Waals surface area contributed by atoms with E-state index < -0.39 is 5.60 Å². The maximum absolute atomic E-state index is 12.9. The van der Waals surface area contributed by atoms with E-state index in [-0.39, 0.29) is 11.9 Å². The third kappa shape index (κ3) is 4.33. The Morgan fingerprint density at radius 2 is 2.07 bits per heavy atom. The topological polar surface area (TPSA) is 42.4 Å². The second-order valence-corrected chi connectivity index (χ2v) is 8.09. The van der Waals surface area contributed by atoms with Crippen LogP contribution in [0.3, 0.4) is 0 Å². The van der Waals surface area contributed by atoms with Crippen molar-refractivity contribution in [2.24, 2.45) is 0 Å². The number of methoxy groups -OCH3 is 1.